The largest absolute Gasteiger partial charge is 0.478 e. The number of hydrogen-bond acceptors (Lipinski definition) is 2. The van der Waals surface area contributed by atoms with Crippen molar-refractivity contribution in [3.8, 4) is 0 Å². The van der Waals surface area contributed by atoms with E-state index in [4.69, 9.17) is 5.11 Å². The van der Waals surface area contributed by atoms with Gasteiger partial charge in [0.1, 0.15) is 5.82 Å². The third-order valence-corrected chi connectivity index (χ3v) is 4.44. The lowest BCUT2D eigenvalue weighted by Gasteiger charge is -2.20. The van der Waals surface area contributed by atoms with E-state index in [0.29, 0.717) is 6.54 Å². The molecule has 0 fully saturated rings. The fraction of sp³-hybridized carbons (Fsp3) is 0.188. The minimum absolute atomic E-state index is 0.235. The number of carboxylic acids is 1. The molecule has 0 bridgehead atoms. The summed E-state index contributed by atoms with van der Waals surface area (Å²) in [5.41, 5.74) is 3.30. The van der Waals surface area contributed by atoms with Crippen LogP contribution < -0.4 is 4.90 Å². The molecule has 0 atom stereocenters. The molecule has 5 heteroatoms. The maximum Gasteiger partial charge on any atom is 0.335 e. The summed E-state index contributed by atoms with van der Waals surface area (Å²) in [5, 5.41) is 8.97. The highest BCUT2D eigenvalue weighted by molar-refractivity contribution is 9.10. The maximum absolute atomic E-state index is 13.4. The molecule has 1 heterocycles. The molecule has 0 radical (unpaired) electrons. The molecular weight excluding hydrogens is 337 g/mol. The Kier molecular flexibility index (Phi) is 3.68. The van der Waals surface area contributed by atoms with Crippen LogP contribution in [0.5, 0.6) is 0 Å². The molecule has 0 saturated carbocycles. The van der Waals surface area contributed by atoms with Crippen LogP contribution in [-0.4, -0.2) is 17.6 Å². The van der Waals surface area contributed by atoms with Gasteiger partial charge in [-0.3, -0.25) is 0 Å². The summed E-state index contributed by atoms with van der Waals surface area (Å²) in [6, 6.07) is 9.85. The highest BCUT2D eigenvalue weighted by Crippen LogP contribution is 2.31. The molecule has 1 aliphatic rings. The summed E-state index contributed by atoms with van der Waals surface area (Å²) in [6.07, 6.45) is 0.903. The monoisotopic (exact) mass is 349 g/mol. The van der Waals surface area contributed by atoms with Gasteiger partial charge in [-0.05, 0) is 41.8 Å². The maximum atomic E-state index is 13.4. The van der Waals surface area contributed by atoms with Crippen LogP contribution in [0.4, 0.5) is 10.1 Å². The van der Waals surface area contributed by atoms with Crippen molar-refractivity contribution in [3.05, 3.63) is 63.4 Å². The van der Waals surface area contributed by atoms with Gasteiger partial charge in [0.2, 0.25) is 0 Å². The van der Waals surface area contributed by atoms with E-state index in [2.05, 4.69) is 20.8 Å². The van der Waals surface area contributed by atoms with Gasteiger partial charge in [0.05, 0.1) is 5.56 Å². The van der Waals surface area contributed by atoms with Gasteiger partial charge in [0.25, 0.3) is 0 Å². The van der Waals surface area contributed by atoms with Crippen molar-refractivity contribution in [1.29, 1.82) is 0 Å². The van der Waals surface area contributed by atoms with Crippen LogP contribution in [0.1, 0.15) is 21.5 Å². The summed E-state index contributed by atoms with van der Waals surface area (Å²) in [7, 11) is 0. The van der Waals surface area contributed by atoms with Crippen LogP contribution >= 0.6 is 15.9 Å². The molecule has 1 aliphatic heterocycles. The SMILES string of the molecule is O=C(O)c1ccc(CN2CCc3ccc(F)cc32)c(Br)c1. The Hall–Kier alpha value is -1.88. The quantitative estimate of drug-likeness (QED) is 0.914. The molecule has 0 aliphatic carbocycles. The number of carboxylic acid groups (broad SMARTS) is 1. The zero-order valence-corrected chi connectivity index (χ0v) is 12.7. The Balaban J connectivity index is 1.86. The summed E-state index contributed by atoms with van der Waals surface area (Å²) in [4.78, 5) is 13.0. The summed E-state index contributed by atoms with van der Waals surface area (Å²) >= 11 is 3.41. The van der Waals surface area contributed by atoms with Crippen LogP contribution in [0.3, 0.4) is 0 Å². The molecule has 0 aromatic heterocycles. The molecule has 3 rings (SSSR count). The Morgan fingerprint density at radius 1 is 1.29 bits per heavy atom. The molecule has 0 unspecified atom stereocenters. The molecule has 3 nitrogen and oxygen atoms in total. The average molecular weight is 350 g/mol. The lowest BCUT2D eigenvalue weighted by atomic mass is 10.1. The molecular formula is C16H13BrFNO2. The highest BCUT2D eigenvalue weighted by Gasteiger charge is 2.20. The van der Waals surface area contributed by atoms with Crippen LogP contribution in [0.2, 0.25) is 0 Å². The molecule has 0 saturated heterocycles. The van der Waals surface area contributed by atoms with E-state index in [-0.39, 0.29) is 11.4 Å². The van der Waals surface area contributed by atoms with Gasteiger partial charge in [0, 0.05) is 23.2 Å². The molecule has 2 aromatic rings. The predicted molar refractivity (Wildman–Crippen MR) is 82.3 cm³/mol. The highest BCUT2D eigenvalue weighted by atomic mass is 79.9. The van der Waals surface area contributed by atoms with E-state index in [1.807, 2.05) is 6.07 Å². The lowest BCUT2D eigenvalue weighted by Crippen LogP contribution is -2.20. The van der Waals surface area contributed by atoms with Crippen LogP contribution in [0.25, 0.3) is 0 Å². The minimum atomic E-state index is -0.948. The standard InChI is InChI=1S/C16H13BrFNO2/c17-14-7-11(16(20)21)1-2-12(14)9-19-6-5-10-3-4-13(18)8-15(10)19/h1-4,7-8H,5-6,9H2,(H,20,21). The van der Waals surface area contributed by atoms with Crippen molar-refractivity contribution in [2.75, 3.05) is 11.4 Å². The summed E-state index contributed by atoms with van der Waals surface area (Å²) in [6.45, 7) is 1.46. The van der Waals surface area contributed by atoms with E-state index < -0.39 is 5.97 Å². The zero-order chi connectivity index (χ0) is 15.0. The molecule has 0 amide bonds. The number of nitrogens with zero attached hydrogens (tertiary/aromatic N) is 1. The smallest absolute Gasteiger partial charge is 0.335 e. The van der Waals surface area contributed by atoms with Gasteiger partial charge in [0.15, 0.2) is 0 Å². The number of benzene rings is 2. The first-order valence-electron chi connectivity index (χ1n) is 6.59. The van der Waals surface area contributed by atoms with Gasteiger partial charge in [-0.1, -0.05) is 28.1 Å². The van der Waals surface area contributed by atoms with Crippen molar-refractivity contribution in [1.82, 2.24) is 0 Å². The van der Waals surface area contributed by atoms with Gasteiger partial charge in [-0.15, -0.1) is 0 Å². The number of anilines is 1. The first-order chi connectivity index (χ1) is 10.0. The van der Waals surface area contributed by atoms with Crippen molar-refractivity contribution < 1.29 is 14.3 Å². The number of aromatic carboxylic acids is 1. The van der Waals surface area contributed by atoms with Crippen LogP contribution in [0, 0.1) is 5.82 Å². The Morgan fingerprint density at radius 3 is 2.81 bits per heavy atom. The second-order valence-electron chi connectivity index (χ2n) is 5.06. The second-order valence-corrected chi connectivity index (χ2v) is 5.91. The Labute approximate surface area is 130 Å². The topological polar surface area (TPSA) is 40.5 Å². The van der Waals surface area contributed by atoms with Crippen molar-refractivity contribution in [2.24, 2.45) is 0 Å². The van der Waals surface area contributed by atoms with Gasteiger partial charge in [-0.2, -0.15) is 0 Å². The number of halogens is 2. The molecule has 0 spiro atoms. The number of fused-ring (bicyclic) bond motifs is 1. The van der Waals surface area contributed by atoms with Gasteiger partial charge >= 0.3 is 5.97 Å². The third kappa shape index (κ3) is 2.78. The first kappa shape index (κ1) is 14.1. The fourth-order valence-corrected chi connectivity index (χ4v) is 3.10. The van der Waals surface area contributed by atoms with Gasteiger partial charge in [-0.25, -0.2) is 9.18 Å². The first-order valence-corrected chi connectivity index (χ1v) is 7.39. The molecule has 2 aromatic carbocycles. The van der Waals surface area contributed by atoms with E-state index in [1.165, 1.54) is 6.07 Å². The molecule has 108 valence electrons. The normalized spacial score (nSPS) is 13.3. The third-order valence-electron chi connectivity index (χ3n) is 3.70. The molecule has 1 N–H and O–H groups in total. The fourth-order valence-electron chi connectivity index (χ4n) is 2.60. The van der Waals surface area contributed by atoms with E-state index >= 15 is 0 Å². The van der Waals surface area contributed by atoms with E-state index in [0.717, 1.165) is 34.3 Å². The molecule has 21 heavy (non-hydrogen) atoms. The van der Waals surface area contributed by atoms with Crippen molar-refractivity contribution >= 4 is 27.6 Å². The minimum Gasteiger partial charge on any atom is -0.478 e. The number of carbonyl (C=O) groups is 1. The predicted octanol–water partition coefficient (Wildman–Crippen LogP) is 3.85. The van der Waals surface area contributed by atoms with Crippen LogP contribution in [0.15, 0.2) is 40.9 Å². The Morgan fingerprint density at radius 2 is 2.10 bits per heavy atom. The van der Waals surface area contributed by atoms with E-state index in [1.54, 1.807) is 24.3 Å². The number of hydrogen-bond donors (Lipinski definition) is 1. The Bertz CT molecular complexity index is 717. The van der Waals surface area contributed by atoms with Crippen LogP contribution in [-0.2, 0) is 13.0 Å². The second kappa shape index (κ2) is 5.48. The average Bonchev–Trinajstić information content (AvgIpc) is 2.83. The summed E-state index contributed by atoms with van der Waals surface area (Å²) < 4.78 is 14.2. The lowest BCUT2D eigenvalue weighted by molar-refractivity contribution is 0.0697. The zero-order valence-electron chi connectivity index (χ0n) is 11.1. The van der Waals surface area contributed by atoms with E-state index in [9.17, 15) is 9.18 Å². The summed E-state index contributed by atoms with van der Waals surface area (Å²) in [5.74, 6) is -1.18. The van der Waals surface area contributed by atoms with Crippen molar-refractivity contribution in [2.45, 2.75) is 13.0 Å². The van der Waals surface area contributed by atoms with Crippen molar-refractivity contribution in [3.63, 3.8) is 0 Å². The number of rotatable bonds is 3. The van der Waals surface area contributed by atoms with Gasteiger partial charge < -0.3 is 10.0 Å².